The van der Waals surface area contributed by atoms with Crippen LogP contribution in [0, 0.1) is 0 Å². The molecule has 2 aromatic carbocycles. The number of para-hydroxylation sites is 1. The van der Waals surface area contributed by atoms with Gasteiger partial charge in [-0.05, 0) is 36.5 Å². The molecule has 2 amide bonds. The highest BCUT2D eigenvalue weighted by Crippen LogP contribution is 2.35. The van der Waals surface area contributed by atoms with Crippen LogP contribution in [-0.2, 0) is 16.0 Å². The van der Waals surface area contributed by atoms with Gasteiger partial charge in [0, 0.05) is 18.8 Å². The van der Waals surface area contributed by atoms with Crippen molar-refractivity contribution in [1.82, 2.24) is 10.6 Å². The molecule has 0 spiro atoms. The highest BCUT2D eigenvalue weighted by Gasteiger charge is 2.34. The smallest absolute Gasteiger partial charge is 0.248 e. The van der Waals surface area contributed by atoms with E-state index in [2.05, 4.69) is 27.7 Å². The van der Waals surface area contributed by atoms with Gasteiger partial charge in [0.15, 0.2) is 0 Å². The van der Waals surface area contributed by atoms with Crippen LogP contribution in [0.4, 0.5) is 5.69 Å². The summed E-state index contributed by atoms with van der Waals surface area (Å²) in [7, 11) is 0. The zero-order valence-corrected chi connectivity index (χ0v) is 14.7. The molecule has 2 aliphatic heterocycles. The Balaban J connectivity index is 1.64. The third kappa shape index (κ3) is 3.17. The topological polar surface area (TPSA) is 61.4 Å². The molecule has 0 aliphatic carbocycles. The van der Waals surface area contributed by atoms with Crippen LogP contribution in [0.2, 0.25) is 0 Å². The first-order chi connectivity index (χ1) is 12.7. The molecule has 5 nitrogen and oxygen atoms in total. The van der Waals surface area contributed by atoms with Crippen LogP contribution in [0.25, 0.3) is 0 Å². The normalized spacial score (nSPS) is 20.2. The molecule has 134 valence electrons. The third-order valence-electron chi connectivity index (χ3n) is 5.20. The molecule has 0 unspecified atom stereocenters. The van der Waals surface area contributed by atoms with Crippen molar-refractivity contribution in [2.45, 2.75) is 31.3 Å². The second-order valence-electron chi connectivity index (χ2n) is 6.88. The Bertz CT molecular complexity index is 806. The van der Waals surface area contributed by atoms with Gasteiger partial charge >= 0.3 is 0 Å². The number of rotatable bonds is 4. The van der Waals surface area contributed by atoms with Crippen LogP contribution in [0.3, 0.4) is 0 Å². The lowest BCUT2D eigenvalue weighted by molar-refractivity contribution is -0.130. The highest BCUT2D eigenvalue weighted by atomic mass is 16.2. The van der Waals surface area contributed by atoms with Crippen molar-refractivity contribution in [2.24, 2.45) is 0 Å². The second-order valence-corrected chi connectivity index (χ2v) is 6.88. The molecule has 5 heteroatoms. The molecule has 2 heterocycles. The molecular formula is C21H23N3O2. The summed E-state index contributed by atoms with van der Waals surface area (Å²) in [6.45, 7) is 1.48. The van der Waals surface area contributed by atoms with E-state index in [4.69, 9.17) is 0 Å². The molecule has 0 radical (unpaired) electrons. The van der Waals surface area contributed by atoms with E-state index in [0.29, 0.717) is 13.0 Å². The molecule has 2 atom stereocenters. The van der Waals surface area contributed by atoms with Crippen molar-refractivity contribution in [3.8, 4) is 0 Å². The number of carbonyl (C=O) groups excluding carboxylic acids is 2. The summed E-state index contributed by atoms with van der Waals surface area (Å²) in [6.07, 6.45) is 2.51. The van der Waals surface area contributed by atoms with E-state index in [1.54, 1.807) is 0 Å². The minimum Gasteiger partial charge on any atom is -0.355 e. The van der Waals surface area contributed by atoms with Gasteiger partial charge in [0.2, 0.25) is 11.8 Å². The zero-order chi connectivity index (χ0) is 17.9. The summed E-state index contributed by atoms with van der Waals surface area (Å²) in [4.78, 5) is 27.4. The molecule has 0 aromatic heterocycles. The van der Waals surface area contributed by atoms with E-state index in [1.807, 2.05) is 42.5 Å². The van der Waals surface area contributed by atoms with Crippen LogP contribution in [0.15, 0.2) is 54.6 Å². The summed E-state index contributed by atoms with van der Waals surface area (Å²) in [5, 5.41) is 5.82. The lowest BCUT2D eigenvalue weighted by Crippen LogP contribution is -2.53. The Hall–Kier alpha value is -2.82. The molecule has 0 bridgehead atoms. The lowest BCUT2D eigenvalue weighted by Gasteiger charge is -2.32. The Morgan fingerprint density at radius 3 is 2.69 bits per heavy atom. The van der Waals surface area contributed by atoms with E-state index in [1.165, 1.54) is 5.56 Å². The van der Waals surface area contributed by atoms with Gasteiger partial charge in [0.25, 0.3) is 0 Å². The summed E-state index contributed by atoms with van der Waals surface area (Å²) in [5.74, 6) is -0.201. The minimum atomic E-state index is -0.444. The molecule has 1 saturated heterocycles. The number of nitrogens with one attached hydrogen (secondary N) is 2. The molecular weight excluding hydrogens is 326 g/mol. The van der Waals surface area contributed by atoms with Crippen molar-refractivity contribution in [1.29, 1.82) is 0 Å². The van der Waals surface area contributed by atoms with Gasteiger partial charge in [0.05, 0.1) is 0 Å². The number of carbonyl (C=O) groups is 2. The standard InChI is InChI=1S/C21H23N3O2/c25-20-17(10-6-13-22-20)23-21(26)19(16-8-2-1-3-9-16)24-14-12-15-7-4-5-11-18(15)24/h1-5,7-9,11,17,19H,6,10,12-14H2,(H,22,25)(H,23,26)/t17-,19+/m0/s1. The van der Waals surface area contributed by atoms with E-state index < -0.39 is 12.1 Å². The largest absolute Gasteiger partial charge is 0.355 e. The van der Waals surface area contributed by atoms with Gasteiger partial charge in [-0.3, -0.25) is 9.59 Å². The monoisotopic (exact) mass is 349 g/mol. The Kier molecular flexibility index (Phi) is 4.61. The maximum absolute atomic E-state index is 13.2. The van der Waals surface area contributed by atoms with Gasteiger partial charge < -0.3 is 15.5 Å². The molecule has 2 aromatic rings. The highest BCUT2D eigenvalue weighted by molar-refractivity contribution is 5.92. The van der Waals surface area contributed by atoms with Crippen molar-refractivity contribution in [3.63, 3.8) is 0 Å². The van der Waals surface area contributed by atoms with Gasteiger partial charge in [-0.1, -0.05) is 48.5 Å². The molecule has 1 fully saturated rings. The number of fused-ring (bicyclic) bond motifs is 1. The molecule has 26 heavy (non-hydrogen) atoms. The summed E-state index contributed by atoms with van der Waals surface area (Å²) < 4.78 is 0. The van der Waals surface area contributed by atoms with E-state index >= 15 is 0 Å². The first kappa shape index (κ1) is 16.6. The lowest BCUT2D eigenvalue weighted by atomic mass is 10.0. The maximum Gasteiger partial charge on any atom is 0.248 e. The maximum atomic E-state index is 13.2. The van der Waals surface area contributed by atoms with Crippen LogP contribution < -0.4 is 15.5 Å². The van der Waals surface area contributed by atoms with Crippen LogP contribution in [-0.4, -0.2) is 30.9 Å². The number of piperidine rings is 1. The fraction of sp³-hybridized carbons (Fsp3) is 0.333. The second kappa shape index (κ2) is 7.20. The summed E-state index contributed by atoms with van der Waals surface area (Å²) in [5.41, 5.74) is 3.30. The number of benzene rings is 2. The predicted octanol–water partition coefficient (Wildman–Crippen LogP) is 2.19. The molecule has 4 rings (SSSR count). The Labute approximate surface area is 153 Å². The van der Waals surface area contributed by atoms with Crippen molar-refractivity contribution >= 4 is 17.5 Å². The SMILES string of the molecule is O=C1NCCC[C@@H]1NC(=O)[C@@H](c1ccccc1)N1CCc2ccccc21. The molecule has 2 N–H and O–H groups in total. The Morgan fingerprint density at radius 1 is 1.12 bits per heavy atom. The number of amides is 2. The average Bonchev–Trinajstić information content (AvgIpc) is 3.09. The summed E-state index contributed by atoms with van der Waals surface area (Å²) >= 11 is 0. The van der Waals surface area contributed by atoms with Gasteiger partial charge in [-0.2, -0.15) is 0 Å². The number of hydrogen-bond donors (Lipinski definition) is 2. The van der Waals surface area contributed by atoms with Crippen molar-refractivity contribution in [3.05, 3.63) is 65.7 Å². The average molecular weight is 349 g/mol. The number of hydrogen-bond acceptors (Lipinski definition) is 3. The predicted molar refractivity (Wildman–Crippen MR) is 101 cm³/mol. The third-order valence-corrected chi connectivity index (χ3v) is 5.20. The zero-order valence-electron chi connectivity index (χ0n) is 14.7. The minimum absolute atomic E-state index is 0.0850. The van der Waals surface area contributed by atoms with Crippen LogP contribution in [0.5, 0.6) is 0 Å². The van der Waals surface area contributed by atoms with E-state index in [-0.39, 0.29) is 11.8 Å². The van der Waals surface area contributed by atoms with Crippen LogP contribution >= 0.6 is 0 Å². The fourth-order valence-electron chi connectivity index (χ4n) is 3.90. The fourth-order valence-corrected chi connectivity index (χ4v) is 3.90. The first-order valence-corrected chi connectivity index (χ1v) is 9.21. The molecule has 0 saturated carbocycles. The number of anilines is 1. The summed E-state index contributed by atoms with van der Waals surface area (Å²) in [6, 6.07) is 17.1. The Morgan fingerprint density at radius 2 is 1.88 bits per heavy atom. The number of nitrogens with zero attached hydrogens (tertiary/aromatic N) is 1. The first-order valence-electron chi connectivity index (χ1n) is 9.21. The van der Waals surface area contributed by atoms with Gasteiger partial charge in [-0.15, -0.1) is 0 Å². The van der Waals surface area contributed by atoms with Crippen molar-refractivity contribution in [2.75, 3.05) is 18.0 Å². The quantitative estimate of drug-likeness (QED) is 0.889. The van der Waals surface area contributed by atoms with Gasteiger partial charge in [0.1, 0.15) is 12.1 Å². The van der Waals surface area contributed by atoms with E-state index in [0.717, 1.165) is 30.6 Å². The molecule has 2 aliphatic rings. The van der Waals surface area contributed by atoms with Gasteiger partial charge in [-0.25, -0.2) is 0 Å². The van der Waals surface area contributed by atoms with Crippen molar-refractivity contribution < 1.29 is 9.59 Å². The van der Waals surface area contributed by atoms with E-state index in [9.17, 15) is 9.59 Å². The van der Waals surface area contributed by atoms with Crippen LogP contribution in [0.1, 0.15) is 30.0 Å².